The minimum Gasteiger partial charge on any atom is -0.481 e. The SMILES string of the molecule is Cc1nc(CN2CCCC(C(=O)O)C2)oc1C. The fraction of sp³-hybridized carbons (Fsp3) is 0.667. The van der Waals surface area contributed by atoms with Crippen molar-refractivity contribution < 1.29 is 14.3 Å². The number of aromatic nitrogens is 1. The molecule has 94 valence electrons. The van der Waals surface area contributed by atoms with Gasteiger partial charge >= 0.3 is 5.97 Å². The van der Waals surface area contributed by atoms with Crippen LogP contribution in [-0.2, 0) is 11.3 Å². The zero-order valence-corrected chi connectivity index (χ0v) is 10.3. The summed E-state index contributed by atoms with van der Waals surface area (Å²) in [6, 6.07) is 0. The van der Waals surface area contributed by atoms with Crippen molar-refractivity contribution in [1.82, 2.24) is 9.88 Å². The molecule has 1 aliphatic rings. The van der Waals surface area contributed by atoms with Crippen molar-refractivity contribution in [2.24, 2.45) is 5.92 Å². The summed E-state index contributed by atoms with van der Waals surface area (Å²) in [6.45, 7) is 5.93. The van der Waals surface area contributed by atoms with Gasteiger partial charge in [0.15, 0.2) is 0 Å². The van der Waals surface area contributed by atoms with Gasteiger partial charge in [-0.3, -0.25) is 9.69 Å². The molecular formula is C12H18N2O3. The monoisotopic (exact) mass is 238 g/mol. The van der Waals surface area contributed by atoms with E-state index >= 15 is 0 Å². The fourth-order valence-electron chi connectivity index (χ4n) is 2.20. The largest absolute Gasteiger partial charge is 0.481 e. The van der Waals surface area contributed by atoms with E-state index in [2.05, 4.69) is 9.88 Å². The third kappa shape index (κ3) is 2.85. The molecule has 5 heteroatoms. The summed E-state index contributed by atoms with van der Waals surface area (Å²) in [5, 5.41) is 9.00. The molecule has 0 radical (unpaired) electrons. The Morgan fingerprint density at radius 2 is 2.35 bits per heavy atom. The third-order valence-electron chi connectivity index (χ3n) is 3.29. The average molecular weight is 238 g/mol. The van der Waals surface area contributed by atoms with Crippen LogP contribution < -0.4 is 0 Å². The molecule has 0 amide bonds. The Balaban J connectivity index is 1.96. The topological polar surface area (TPSA) is 66.6 Å². The second kappa shape index (κ2) is 4.87. The molecule has 0 bridgehead atoms. The standard InChI is InChI=1S/C12H18N2O3/c1-8-9(2)17-11(13-8)7-14-5-3-4-10(6-14)12(15)16/h10H,3-7H2,1-2H3,(H,15,16). The maximum absolute atomic E-state index is 10.9. The number of aryl methyl sites for hydroxylation is 2. The van der Waals surface area contributed by atoms with Gasteiger partial charge in [-0.15, -0.1) is 0 Å². The Hall–Kier alpha value is -1.36. The van der Waals surface area contributed by atoms with Gasteiger partial charge in [-0.05, 0) is 33.2 Å². The van der Waals surface area contributed by atoms with Crippen LogP contribution in [0.15, 0.2) is 4.42 Å². The molecule has 1 aliphatic heterocycles. The Labute approximate surface area is 100 Å². The number of hydrogen-bond acceptors (Lipinski definition) is 4. The average Bonchev–Trinajstić information content (AvgIpc) is 2.58. The first-order chi connectivity index (χ1) is 8.06. The third-order valence-corrected chi connectivity index (χ3v) is 3.29. The number of piperidine rings is 1. The number of aliphatic carboxylic acids is 1. The summed E-state index contributed by atoms with van der Waals surface area (Å²) in [4.78, 5) is 17.4. The second-order valence-electron chi connectivity index (χ2n) is 4.66. The van der Waals surface area contributed by atoms with Crippen molar-refractivity contribution in [3.05, 3.63) is 17.3 Å². The van der Waals surface area contributed by atoms with Crippen LogP contribution in [0.2, 0.25) is 0 Å². The normalized spacial score (nSPS) is 21.6. The first-order valence-electron chi connectivity index (χ1n) is 5.94. The lowest BCUT2D eigenvalue weighted by atomic mass is 9.98. The Kier molecular flexibility index (Phi) is 3.47. The molecule has 1 atom stereocenters. The highest BCUT2D eigenvalue weighted by atomic mass is 16.4. The van der Waals surface area contributed by atoms with Gasteiger partial charge in [0.2, 0.25) is 5.89 Å². The van der Waals surface area contributed by atoms with Crippen molar-refractivity contribution in [3.63, 3.8) is 0 Å². The summed E-state index contributed by atoms with van der Waals surface area (Å²) in [7, 11) is 0. The lowest BCUT2D eigenvalue weighted by Gasteiger charge is -2.29. The summed E-state index contributed by atoms with van der Waals surface area (Å²) in [5.74, 6) is 0.577. The molecule has 17 heavy (non-hydrogen) atoms. The van der Waals surface area contributed by atoms with Crippen LogP contribution in [0.4, 0.5) is 0 Å². The summed E-state index contributed by atoms with van der Waals surface area (Å²) in [5.41, 5.74) is 0.909. The number of oxazole rings is 1. The lowest BCUT2D eigenvalue weighted by Crippen LogP contribution is -2.38. The van der Waals surface area contributed by atoms with E-state index in [1.165, 1.54) is 0 Å². The molecule has 1 aromatic heterocycles. The van der Waals surface area contributed by atoms with Gasteiger partial charge in [0.25, 0.3) is 0 Å². The number of carboxylic acids is 1. The second-order valence-corrected chi connectivity index (χ2v) is 4.66. The Morgan fingerprint density at radius 3 is 2.94 bits per heavy atom. The van der Waals surface area contributed by atoms with Crippen LogP contribution in [0.3, 0.4) is 0 Å². The molecule has 5 nitrogen and oxygen atoms in total. The first-order valence-corrected chi connectivity index (χ1v) is 5.94. The van der Waals surface area contributed by atoms with Gasteiger partial charge in [0.05, 0.1) is 18.2 Å². The smallest absolute Gasteiger partial charge is 0.307 e. The predicted octanol–water partition coefficient (Wildman–Crippen LogP) is 1.59. The summed E-state index contributed by atoms with van der Waals surface area (Å²) < 4.78 is 5.51. The van der Waals surface area contributed by atoms with E-state index in [4.69, 9.17) is 9.52 Å². The molecular weight excluding hydrogens is 220 g/mol. The van der Waals surface area contributed by atoms with Crippen LogP contribution in [-0.4, -0.2) is 34.0 Å². The van der Waals surface area contributed by atoms with E-state index in [0.29, 0.717) is 19.0 Å². The van der Waals surface area contributed by atoms with E-state index in [9.17, 15) is 4.79 Å². The van der Waals surface area contributed by atoms with Crippen molar-refractivity contribution in [2.75, 3.05) is 13.1 Å². The van der Waals surface area contributed by atoms with E-state index in [1.807, 2.05) is 13.8 Å². The predicted molar refractivity (Wildman–Crippen MR) is 61.6 cm³/mol. The molecule has 0 aliphatic carbocycles. The first kappa shape index (κ1) is 12.1. The molecule has 0 spiro atoms. The maximum Gasteiger partial charge on any atom is 0.307 e. The van der Waals surface area contributed by atoms with Crippen LogP contribution in [0.25, 0.3) is 0 Å². The molecule has 1 N–H and O–H groups in total. The highest BCUT2D eigenvalue weighted by Gasteiger charge is 2.26. The minimum absolute atomic E-state index is 0.249. The van der Waals surface area contributed by atoms with Gasteiger partial charge in [-0.1, -0.05) is 0 Å². The van der Waals surface area contributed by atoms with E-state index in [-0.39, 0.29) is 5.92 Å². The van der Waals surface area contributed by atoms with Gasteiger partial charge in [0, 0.05) is 6.54 Å². The number of hydrogen-bond donors (Lipinski definition) is 1. The molecule has 0 saturated carbocycles. The molecule has 1 fully saturated rings. The highest BCUT2D eigenvalue weighted by molar-refractivity contribution is 5.70. The number of carbonyl (C=O) groups is 1. The lowest BCUT2D eigenvalue weighted by molar-refractivity contribution is -0.143. The van der Waals surface area contributed by atoms with Gasteiger partial charge in [-0.2, -0.15) is 0 Å². The van der Waals surface area contributed by atoms with E-state index in [0.717, 1.165) is 30.8 Å². The van der Waals surface area contributed by atoms with Crippen LogP contribution in [0.5, 0.6) is 0 Å². The summed E-state index contributed by atoms with van der Waals surface area (Å²) in [6.07, 6.45) is 1.70. The Morgan fingerprint density at radius 1 is 1.59 bits per heavy atom. The van der Waals surface area contributed by atoms with Crippen LogP contribution in [0, 0.1) is 19.8 Å². The van der Waals surface area contributed by atoms with Gasteiger partial charge < -0.3 is 9.52 Å². The number of carboxylic acid groups (broad SMARTS) is 1. The summed E-state index contributed by atoms with van der Waals surface area (Å²) >= 11 is 0. The number of rotatable bonds is 3. The Bertz CT molecular complexity index is 394. The van der Waals surface area contributed by atoms with Crippen LogP contribution >= 0.6 is 0 Å². The molecule has 0 aromatic carbocycles. The number of nitrogens with zero attached hydrogens (tertiary/aromatic N) is 2. The molecule has 1 saturated heterocycles. The highest BCUT2D eigenvalue weighted by Crippen LogP contribution is 2.19. The maximum atomic E-state index is 10.9. The zero-order valence-electron chi connectivity index (χ0n) is 10.3. The van der Waals surface area contributed by atoms with Gasteiger partial charge in [0.1, 0.15) is 5.76 Å². The molecule has 2 rings (SSSR count). The van der Waals surface area contributed by atoms with Gasteiger partial charge in [-0.25, -0.2) is 4.98 Å². The van der Waals surface area contributed by atoms with Crippen molar-refractivity contribution in [2.45, 2.75) is 33.2 Å². The zero-order chi connectivity index (χ0) is 12.4. The molecule has 2 heterocycles. The number of likely N-dealkylation sites (tertiary alicyclic amines) is 1. The van der Waals surface area contributed by atoms with Crippen molar-refractivity contribution >= 4 is 5.97 Å². The van der Waals surface area contributed by atoms with Crippen molar-refractivity contribution in [3.8, 4) is 0 Å². The molecule has 1 aromatic rings. The van der Waals surface area contributed by atoms with Crippen molar-refractivity contribution in [1.29, 1.82) is 0 Å². The fourth-order valence-corrected chi connectivity index (χ4v) is 2.20. The minimum atomic E-state index is -0.700. The van der Waals surface area contributed by atoms with Crippen LogP contribution in [0.1, 0.15) is 30.2 Å². The quantitative estimate of drug-likeness (QED) is 0.866. The van der Waals surface area contributed by atoms with E-state index < -0.39 is 5.97 Å². The van der Waals surface area contributed by atoms with E-state index in [1.54, 1.807) is 0 Å². The molecule has 1 unspecified atom stereocenters.